The molecule has 0 fully saturated rings. The summed E-state index contributed by atoms with van der Waals surface area (Å²) < 4.78 is 15.5. The van der Waals surface area contributed by atoms with Crippen LogP contribution < -0.4 is 21.0 Å². The van der Waals surface area contributed by atoms with Gasteiger partial charge in [-0.25, -0.2) is 4.79 Å². The molecule has 0 aliphatic heterocycles. The van der Waals surface area contributed by atoms with Gasteiger partial charge in [0.15, 0.2) is 0 Å². The number of hydrogen-bond donors (Lipinski definition) is 2. The highest BCUT2D eigenvalue weighted by Crippen LogP contribution is 2.24. The highest BCUT2D eigenvalue weighted by molar-refractivity contribution is 6.03. The van der Waals surface area contributed by atoms with Gasteiger partial charge in [-0.1, -0.05) is 12.1 Å². The molecule has 0 saturated carbocycles. The van der Waals surface area contributed by atoms with E-state index in [0.717, 1.165) is 10.9 Å². The van der Waals surface area contributed by atoms with Crippen molar-refractivity contribution in [2.24, 2.45) is 0 Å². The molecule has 1 heterocycles. The Bertz CT molecular complexity index is 1180. The highest BCUT2D eigenvalue weighted by Gasteiger charge is 2.16. The lowest BCUT2D eigenvalue weighted by Gasteiger charge is -2.12. The number of para-hydroxylation sites is 1. The van der Waals surface area contributed by atoms with Crippen molar-refractivity contribution in [2.75, 3.05) is 32.7 Å². The summed E-state index contributed by atoms with van der Waals surface area (Å²) in [6, 6.07) is 12.0. The van der Waals surface area contributed by atoms with E-state index in [9.17, 15) is 14.4 Å². The average Bonchev–Trinajstić information content (AvgIpc) is 2.79. The van der Waals surface area contributed by atoms with E-state index in [-0.39, 0.29) is 24.7 Å². The lowest BCUT2D eigenvalue weighted by Crippen LogP contribution is -2.28. The van der Waals surface area contributed by atoms with Gasteiger partial charge in [-0.2, -0.15) is 0 Å². The van der Waals surface area contributed by atoms with Gasteiger partial charge < -0.3 is 24.5 Å². The molecule has 3 aromatic rings. The van der Waals surface area contributed by atoms with E-state index < -0.39 is 5.63 Å². The highest BCUT2D eigenvalue weighted by atomic mass is 16.5. The Balaban J connectivity index is 1.71. The molecule has 2 amide bonds. The molecule has 2 aromatic carbocycles. The number of hydrogen-bond acceptors (Lipinski definition) is 6. The van der Waals surface area contributed by atoms with Crippen LogP contribution in [0.2, 0.25) is 0 Å². The van der Waals surface area contributed by atoms with Gasteiger partial charge in [-0.3, -0.25) is 9.59 Å². The third-order valence-corrected chi connectivity index (χ3v) is 5.13. The largest absolute Gasteiger partial charge is 0.497 e. The van der Waals surface area contributed by atoms with Gasteiger partial charge in [0.1, 0.15) is 11.3 Å². The van der Waals surface area contributed by atoms with Crippen molar-refractivity contribution in [3.63, 3.8) is 0 Å². The van der Waals surface area contributed by atoms with Gasteiger partial charge in [0, 0.05) is 37.1 Å². The summed E-state index contributed by atoms with van der Waals surface area (Å²) in [6.07, 6.45) is 0.275. The number of methoxy groups -OCH3 is 2. The maximum Gasteiger partial charge on any atom is 0.339 e. The Kier molecular flexibility index (Phi) is 7.62. The van der Waals surface area contributed by atoms with Gasteiger partial charge in [-0.15, -0.1) is 0 Å². The van der Waals surface area contributed by atoms with E-state index in [1.165, 1.54) is 0 Å². The number of carbonyl (C=O) groups is 2. The Morgan fingerprint density at radius 3 is 2.62 bits per heavy atom. The van der Waals surface area contributed by atoms with E-state index in [1.807, 2.05) is 13.0 Å². The second-order valence-electron chi connectivity index (χ2n) is 7.20. The van der Waals surface area contributed by atoms with Gasteiger partial charge >= 0.3 is 5.63 Å². The number of carbonyl (C=O) groups excluding carboxylic acids is 2. The van der Waals surface area contributed by atoms with Crippen molar-refractivity contribution in [2.45, 2.75) is 19.8 Å². The van der Waals surface area contributed by atoms with E-state index >= 15 is 0 Å². The molecule has 0 aliphatic carbocycles. The molecule has 0 aliphatic rings. The molecule has 0 spiro atoms. The summed E-state index contributed by atoms with van der Waals surface area (Å²) in [5.41, 5.74) is 1.93. The zero-order chi connectivity index (χ0) is 23.1. The maximum atomic E-state index is 12.6. The quantitative estimate of drug-likeness (QED) is 0.393. The summed E-state index contributed by atoms with van der Waals surface area (Å²) in [5.74, 6) is -0.0211. The normalized spacial score (nSPS) is 10.7. The van der Waals surface area contributed by atoms with Crippen LogP contribution >= 0.6 is 0 Å². The summed E-state index contributed by atoms with van der Waals surface area (Å²) >= 11 is 0. The summed E-state index contributed by atoms with van der Waals surface area (Å²) in [5, 5.41) is 6.29. The zero-order valence-electron chi connectivity index (χ0n) is 18.3. The fraction of sp³-hybridized carbons (Fsp3) is 0.292. The number of nitrogens with one attached hydrogen (secondary N) is 2. The molecule has 0 saturated heterocycles. The molecule has 2 N–H and O–H groups in total. The first-order chi connectivity index (χ1) is 15.4. The Hall–Kier alpha value is -3.65. The number of benzene rings is 2. The fourth-order valence-electron chi connectivity index (χ4n) is 3.39. The third-order valence-electron chi connectivity index (χ3n) is 5.13. The molecule has 8 nitrogen and oxygen atoms in total. The number of ether oxygens (including phenoxy) is 2. The van der Waals surface area contributed by atoms with Gasteiger partial charge in [-0.05, 0) is 43.2 Å². The molecule has 0 atom stereocenters. The smallest absolute Gasteiger partial charge is 0.339 e. The van der Waals surface area contributed by atoms with Crippen LogP contribution in [0.3, 0.4) is 0 Å². The van der Waals surface area contributed by atoms with Crippen LogP contribution in [0.4, 0.5) is 5.69 Å². The van der Waals surface area contributed by atoms with Gasteiger partial charge in [0.2, 0.25) is 5.91 Å². The molecule has 168 valence electrons. The molecule has 3 rings (SSSR count). The van der Waals surface area contributed by atoms with Crippen LogP contribution in [0.5, 0.6) is 5.75 Å². The maximum absolute atomic E-state index is 12.6. The number of rotatable bonds is 9. The predicted molar refractivity (Wildman–Crippen MR) is 121 cm³/mol. The molecule has 1 aromatic heterocycles. The minimum Gasteiger partial charge on any atom is -0.497 e. The SMILES string of the molecule is COCCNC(=O)c1ccccc1NC(=O)CCc1c(C)c2ccc(OC)cc2oc1=O. The van der Waals surface area contributed by atoms with Crippen LogP contribution in [-0.4, -0.2) is 39.2 Å². The number of aryl methyl sites for hydroxylation is 1. The van der Waals surface area contributed by atoms with Crippen molar-refractivity contribution in [1.82, 2.24) is 5.32 Å². The second kappa shape index (κ2) is 10.6. The van der Waals surface area contributed by atoms with Crippen molar-refractivity contribution >= 4 is 28.5 Å². The van der Waals surface area contributed by atoms with Crippen LogP contribution in [0.15, 0.2) is 51.7 Å². The first-order valence-electron chi connectivity index (χ1n) is 10.2. The summed E-state index contributed by atoms with van der Waals surface area (Å²) in [6.45, 7) is 2.58. The first-order valence-corrected chi connectivity index (χ1v) is 10.2. The van der Waals surface area contributed by atoms with Crippen LogP contribution in [0.25, 0.3) is 11.0 Å². The van der Waals surface area contributed by atoms with Crippen LogP contribution in [-0.2, 0) is 16.0 Å². The molecule has 0 radical (unpaired) electrons. The van der Waals surface area contributed by atoms with E-state index in [0.29, 0.717) is 41.3 Å². The van der Waals surface area contributed by atoms with Gasteiger partial charge in [0.05, 0.1) is 25.0 Å². The molecule has 0 bridgehead atoms. The Labute approximate surface area is 185 Å². The Morgan fingerprint density at radius 1 is 1.09 bits per heavy atom. The lowest BCUT2D eigenvalue weighted by atomic mass is 10.0. The third kappa shape index (κ3) is 5.33. The standard InChI is InChI=1S/C24H26N2O6/c1-15-17-9-8-16(31-3)14-21(17)32-24(29)18(15)10-11-22(27)26-20-7-5-4-6-19(20)23(28)25-12-13-30-2/h4-9,14H,10-13H2,1-3H3,(H,25,28)(H,26,27). The molecule has 32 heavy (non-hydrogen) atoms. The average molecular weight is 438 g/mol. The monoisotopic (exact) mass is 438 g/mol. The minimum absolute atomic E-state index is 0.0624. The van der Waals surface area contributed by atoms with Crippen molar-refractivity contribution < 1.29 is 23.5 Å². The number of amides is 2. The van der Waals surface area contributed by atoms with E-state index in [4.69, 9.17) is 13.9 Å². The predicted octanol–water partition coefficient (Wildman–Crippen LogP) is 3.06. The fourth-order valence-corrected chi connectivity index (χ4v) is 3.39. The lowest BCUT2D eigenvalue weighted by molar-refractivity contribution is -0.116. The van der Waals surface area contributed by atoms with E-state index in [2.05, 4.69) is 10.6 Å². The zero-order valence-corrected chi connectivity index (χ0v) is 18.3. The topological polar surface area (TPSA) is 107 Å². The second-order valence-corrected chi connectivity index (χ2v) is 7.20. The first kappa shape index (κ1) is 23.0. The Morgan fingerprint density at radius 2 is 1.88 bits per heavy atom. The summed E-state index contributed by atoms with van der Waals surface area (Å²) in [7, 11) is 3.09. The molecular formula is C24H26N2O6. The molecule has 0 unspecified atom stereocenters. The van der Waals surface area contributed by atoms with Crippen LogP contribution in [0, 0.1) is 6.92 Å². The number of anilines is 1. The van der Waals surface area contributed by atoms with E-state index in [1.54, 1.807) is 50.6 Å². The number of fused-ring (bicyclic) bond motifs is 1. The van der Waals surface area contributed by atoms with Crippen LogP contribution in [0.1, 0.15) is 27.9 Å². The van der Waals surface area contributed by atoms with Gasteiger partial charge in [0.25, 0.3) is 5.91 Å². The van der Waals surface area contributed by atoms with Crippen molar-refractivity contribution in [1.29, 1.82) is 0 Å². The molecule has 8 heteroatoms. The molecular weight excluding hydrogens is 412 g/mol. The van der Waals surface area contributed by atoms with Crippen molar-refractivity contribution in [3.05, 3.63) is 69.6 Å². The van der Waals surface area contributed by atoms with Crippen molar-refractivity contribution in [3.8, 4) is 5.75 Å². The minimum atomic E-state index is -0.478. The summed E-state index contributed by atoms with van der Waals surface area (Å²) in [4.78, 5) is 37.4.